The Morgan fingerprint density at radius 3 is 2.38 bits per heavy atom. The third-order valence-electron chi connectivity index (χ3n) is 3.09. The lowest BCUT2D eigenvalue weighted by Crippen LogP contribution is -2.07. The van der Waals surface area contributed by atoms with Crippen LogP contribution in [0.1, 0.15) is 19.4 Å². The van der Waals surface area contributed by atoms with Crippen LogP contribution in [0.15, 0.2) is 58.3 Å². The van der Waals surface area contributed by atoms with E-state index in [1.807, 2.05) is 13.8 Å². The number of hydrogen-bond donors (Lipinski definition) is 0. The van der Waals surface area contributed by atoms with Crippen LogP contribution in [0.3, 0.4) is 0 Å². The van der Waals surface area contributed by atoms with Crippen molar-refractivity contribution >= 4 is 27.5 Å². The Hall–Kier alpha value is -2.29. The predicted molar refractivity (Wildman–Crippen MR) is 94.4 cm³/mol. The Morgan fingerprint density at radius 2 is 1.79 bits per heavy atom. The molecular weight excluding hydrogens is 346 g/mol. The zero-order valence-electron chi connectivity index (χ0n) is 13.2. The molecule has 0 aliphatic heterocycles. The van der Waals surface area contributed by atoms with Gasteiger partial charge in [0.2, 0.25) is 9.84 Å². The number of rotatable bonds is 5. The first-order chi connectivity index (χ1) is 11.3. The standard InChI is InChI=1S/C18H16ClNO3S/c1-13(2)23-18-6-4-3-5-14(18)11-17(12-20)24(21,22)16-9-7-15(19)8-10-16/h3-11,13H,1-2H3. The Labute approximate surface area is 146 Å². The molecule has 124 valence electrons. The normalized spacial score (nSPS) is 12.0. The average molecular weight is 362 g/mol. The molecule has 4 nitrogen and oxygen atoms in total. The molecule has 0 fully saturated rings. The number of halogens is 1. The number of nitrogens with zero attached hydrogens (tertiary/aromatic N) is 1. The minimum atomic E-state index is -3.93. The summed E-state index contributed by atoms with van der Waals surface area (Å²) < 4.78 is 30.9. The highest BCUT2D eigenvalue weighted by atomic mass is 35.5. The highest BCUT2D eigenvalue weighted by Crippen LogP contribution is 2.27. The van der Waals surface area contributed by atoms with Crippen molar-refractivity contribution in [3.8, 4) is 11.8 Å². The lowest BCUT2D eigenvalue weighted by Gasteiger charge is -2.12. The van der Waals surface area contributed by atoms with Crippen LogP contribution in [0, 0.1) is 11.3 Å². The monoisotopic (exact) mass is 361 g/mol. The molecule has 0 atom stereocenters. The van der Waals surface area contributed by atoms with Crippen molar-refractivity contribution in [1.82, 2.24) is 0 Å². The maximum Gasteiger partial charge on any atom is 0.216 e. The third-order valence-corrected chi connectivity index (χ3v) is 5.02. The minimum absolute atomic E-state index is 0.0157. The van der Waals surface area contributed by atoms with Gasteiger partial charge in [0.1, 0.15) is 16.7 Å². The molecule has 0 spiro atoms. The molecule has 2 aromatic rings. The predicted octanol–water partition coefficient (Wildman–Crippen LogP) is 4.47. The van der Waals surface area contributed by atoms with E-state index in [4.69, 9.17) is 16.3 Å². The van der Waals surface area contributed by atoms with Gasteiger partial charge in [-0.05, 0) is 50.3 Å². The lowest BCUT2D eigenvalue weighted by atomic mass is 10.2. The van der Waals surface area contributed by atoms with Crippen molar-refractivity contribution in [2.45, 2.75) is 24.8 Å². The molecule has 0 aliphatic rings. The first-order valence-corrected chi connectivity index (χ1v) is 9.09. The van der Waals surface area contributed by atoms with Gasteiger partial charge in [0.15, 0.2) is 0 Å². The summed E-state index contributed by atoms with van der Waals surface area (Å²) in [6.45, 7) is 3.74. The zero-order valence-corrected chi connectivity index (χ0v) is 14.8. The van der Waals surface area contributed by atoms with Gasteiger partial charge < -0.3 is 4.74 Å². The van der Waals surface area contributed by atoms with Crippen LogP contribution in [0.4, 0.5) is 0 Å². The SMILES string of the molecule is CC(C)Oc1ccccc1C=C(C#N)S(=O)(=O)c1ccc(Cl)cc1. The highest BCUT2D eigenvalue weighted by molar-refractivity contribution is 7.95. The second kappa shape index (κ2) is 7.52. The van der Waals surface area contributed by atoms with Gasteiger partial charge in [-0.1, -0.05) is 29.8 Å². The summed E-state index contributed by atoms with van der Waals surface area (Å²) in [4.78, 5) is -0.341. The van der Waals surface area contributed by atoms with Crippen molar-refractivity contribution in [1.29, 1.82) is 5.26 Å². The smallest absolute Gasteiger partial charge is 0.216 e. The van der Waals surface area contributed by atoms with Crippen molar-refractivity contribution in [3.05, 3.63) is 64.0 Å². The minimum Gasteiger partial charge on any atom is -0.490 e. The van der Waals surface area contributed by atoms with Crippen LogP contribution >= 0.6 is 11.6 Å². The number of sulfone groups is 1. The number of hydrogen-bond acceptors (Lipinski definition) is 4. The van der Waals surface area contributed by atoms with Gasteiger partial charge in [0, 0.05) is 10.6 Å². The van der Waals surface area contributed by atoms with E-state index < -0.39 is 9.84 Å². The van der Waals surface area contributed by atoms with Crippen LogP contribution in [0.25, 0.3) is 6.08 Å². The fourth-order valence-corrected chi connectivity index (χ4v) is 3.29. The van der Waals surface area contributed by atoms with E-state index in [0.29, 0.717) is 16.3 Å². The fraction of sp³-hybridized carbons (Fsp3) is 0.167. The van der Waals surface area contributed by atoms with Gasteiger partial charge in [0.25, 0.3) is 0 Å². The van der Waals surface area contributed by atoms with Gasteiger partial charge in [-0.2, -0.15) is 5.26 Å². The number of para-hydroxylation sites is 1. The Bertz CT molecular complexity index is 895. The van der Waals surface area contributed by atoms with E-state index in [2.05, 4.69) is 0 Å². The molecule has 24 heavy (non-hydrogen) atoms. The number of ether oxygens (including phenoxy) is 1. The maximum atomic E-state index is 12.6. The molecule has 0 saturated heterocycles. The first kappa shape index (κ1) is 18.1. The number of allylic oxidation sites excluding steroid dienone is 1. The van der Waals surface area contributed by atoms with Crippen LogP contribution in [-0.4, -0.2) is 14.5 Å². The molecule has 0 radical (unpaired) electrons. The molecule has 0 saturated carbocycles. The largest absolute Gasteiger partial charge is 0.490 e. The Balaban J connectivity index is 2.51. The summed E-state index contributed by atoms with van der Waals surface area (Å²) in [5, 5.41) is 9.77. The van der Waals surface area contributed by atoms with Crippen molar-refractivity contribution in [3.63, 3.8) is 0 Å². The third kappa shape index (κ3) is 4.16. The summed E-state index contributed by atoms with van der Waals surface area (Å²) in [5.41, 5.74) is 0.528. The van der Waals surface area contributed by atoms with Gasteiger partial charge in [-0.3, -0.25) is 0 Å². The summed E-state index contributed by atoms with van der Waals surface area (Å²) in [6.07, 6.45) is 1.25. The lowest BCUT2D eigenvalue weighted by molar-refractivity contribution is 0.242. The van der Waals surface area contributed by atoms with Gasteiger partial charge in [-0.15, -0.1) is 0 Å². The van der Waals surface area contributed by atoms with Crippen molar-refractivity contribution in [2.75, 3.05) is 0 Å². The van der Waals surface area contributed by atoms with Gasteiger partial charge in [0.05, 0.1) is 11.0 Å². The highest BCUT2D eigenvalue weighted by Gasteiger charge is 2.21. The molecule has 0 amide bonds. The molecule has 2 rings (SSSR count). The number of benzene rings is 2. The van der Waals surface area contributed by atoms with E-state index in [-0.39, 0.29) is 15.9 Å². The molecule has 2 aromatic carbocycles. The van der Waals surface area contributed by atoms with E-state index >= 15 is 0 Å². The van der Waals surface area contributed by atoms with Crippen LogP contribution < -0.4 is 4.74 Å². The molecule has 0 N–H and O–H groups in total. The first-order valence-electron chi connectivity index (χ1n) is 7.22. The van der Waals surface area contributed by atoms with E-state index in [1.54, 1.807) is 30.3 Å². The van der Waals surface area contributed by atoms with E-state index in [9.17, 15) is 13.7 Å². The van der Waals surface area contributed by atoms with Crippen LogP contribution in [0.2, 0.25) is 5.02 Å². The van der Waals surface area contributed by atoms with Gasteiger partial charge >= 0.3 is 0 Å². The molecule has 0 aliphatic carbocycles. The molecule has 6 heteroatoms. The molecule has 0 bridgehead atoms. The van der Waals surface area contributed by atoms with E-state index in [0.717, 1.165) is 0 Å². The van der Waals surface area contributed by atoms with E-state index in [1.165, 1.54) is 30.3 Å². The van der Waals surface area contributed by atoms with Gasteiger partial charge in [-0.25, -0.2) is 8.42 Å². The molecule has 0 heterocycles. The number of nitriles is 1. The summed E-state index contributed by atoms with van der Waals surface area (Å²) in [5.74, 6) is 0.520. The van der Waals surface area contributed by atoms with Crippen LogP contribution in [0.5, 0.6) is 5.75 Å². The average Bonchev–Trinajstić information content (AvgIpc) is 2.53. The Morgan fingerprint density at radius 1 is 1.17 bits per heavy atom. The second-order valence-corrected chi connectivity index (χ2v) is 7.64. The van der Waals surface area contributed by atoms with Crippen molar-refractivity contribution < 1.29 is 13.2 Å². The molecule has 0 unspecified atom stereocenters. The Kier molecular flexibility index (Phi) is 5.66. The van der Waals surface area contributed by atoms with Crippen molar-refractivity contribution in [2.24, 2.45) is 0 Å². The summed E-state index contributed by atoms with van der Waals surface area (Å²) in [7, 11) is -3.93. The second-order valence-electron chi connectivity index (χ2n) is 5.28. The fourth-order valence-electron chi connectivity index (χ4n) is 2.01. The summed E-state index contributed by atoms with van der Waals surface area (Å²) in [6, 6.07) is 14.4. The topological polar surface area (TPSA) is 67.2 Å². The van der Waals surface area contributed by atoms with Crippen LogP contribution in [-0.2, 0) is 9.84 Å². The quantitative estimate of drug-likeness (QED) is 0.737. The molecular formula is C18H16ClNO3S. The summed E-state index contributed by atoms with van der Waals surface area (Å²) >= 11 is 5.78. The zero-order chi connectivity index (χ0) is 17.7. The molecule has 0 aromatic heterocycles. The maximum absolute atomic E-state index is 12.6.